The zero-order valence-electron chi connectivity index (χ0n) is 22.1. The fourth-order valence-corrected chi connectivity index (χ4v) is 6.63. The van der Waals surface area contributed by atoms with Gasteiger partial charge in [0.25, 0.3) is 5.91 Å². The summed E-state index contributed by atoms with van der Waals surface area (Å²) in [5, 5.41) is 3.30. The third-order valence-electron chi connectivity index (χ3n) is 7.59. The summed E-state index contributed by atoms with van der Waals surface area (Å²) in [5.74, 6) is -1.51. The van der Waals surface area contributed by atoms with Crippen LogP contribution in [0, 0.1) is 5.92 Å². The number of carbonyl (C=O) groups is 2. The Hall–Kier alpha value is -4.99. The number of carbonyl (C=O) groups excluding carboxylic acids is 2. The minimum Gasteiger partial charge on any atom is -0.379 e. The molecule has 2 fully saturated rings. The van der Waals surface area contributed by atoms with Crippen LogP contribution in [0.2, 0.25) is 0 Å². The van der Waals surface area contributed by atoms with Crippen LogP contribution in [0.5, 0.6) is 5.75 Å². The number of hydrogen-bond acceptors (Lipinski definition) is 7. The maximum absolute atomic E-state index is 14.1. The number of hydroxylamine groups is 1. The molecule has 8 nitrogen and oxygen atoms in total. The summed E-state index contributed by atoms with van der Waals surface area (Å²) in [7, 11) is -4.03. The van der Waals surface area contributed by atoms with Gasteiger partial charge in [0.05, 0.1) is 17.4 Å². The van der Waals surface area contributed by atoms with Crippen LogP contribution in [0.25, 0.3) is 10.8 Å². The van der Waals surface area contributed by atoms with Crippen LogP contribution in [0.1, 0.15) is 11.6 Å². The highest BCUT2D eigenvalue weighted by atomic mass is 32.2. The molecule has 42 heavy (non-hydrogen) atoms. The van der Waals surface area contributed by atoms with Crippen molar-refractivity contribution in [2.24, 2.45) is 5.92 Å². The first-order valence-corrected chi connectivity index (χ1v) is 14.8. The summed E-state index contributed by atoms with van der Waals surface area (Å²) in [5.41, 5.74) is 1.86. The van der Waals surface area contributed by atoms with Gasteiger partial charge in [-0.25, -0.2) is 9.96 Å². The van der Waals surface area contributed by atoms with Gasteiger partial charge in [-0.3, -0.25) is 14.4 Å². The molecule has 9 heteroatoms. The summed E-state index contributed by atoms with van der Waals surface area (Å²) in [4.78, 5) is 35.4. The van der Waals surface area contributed by atoms with Gasteiger partial charge in [0, 0.05) is 5.39 Å². The zero-order chi connectivity index (χ0) is 28.8. The van der Waals surface area contributed by atoms with E-state index in [1.54, 1.807) is 41.5 Å². The molecule has 0 aliphatic carbocycles. The number of anilines is 2. The summed E-state index contributed by atoms with van der Waals surface area (Å²) >= 11 is 0. The molecule has 5 aromatic rings. The highest BCUT2D eigenvalue weighted by Crippen LogP contribution is 2.48. The lowest BCUT2D eigenvalue weighted by atomic mass is 9.90. The molecule has 0 saturated carbocycles. The van der Waals surface area contributed by atoms with Gasteiger partial charge >= 0.3 is 10.1 Å². The normalized spacial score (nSPS) is 20.2. The summed E-state index contributed by atoms with van der Waals surface area (Å²) < 4.78 is 30.8. The second-order valence-electron chi connectivity index (χ2n) is 10.1. The Bertz CT molecular complexity index is 1910. The molecule has 5 aromatic carbocycles. The molecule has 2 saturated heterocycles. The van der Waals surface area contributed by atoms with Crippen molar-refractivity contribution in [3.05, 3.63) is 133 Å². The average molecular weight is 577 g/mol. The SMILES string of the molecule is O=C1C2ON(c3ccccc3)C(c3ccc(OS(=O)(=O)c4ccccc4)cc3)C2C(=O)N1c1cccc2ccccc12. The highest BCUT2D eigenvalue weighted by Gasteiger charge is 2.60. The zero-order valence-corrected chi connectivity index (χ0v) is 22.9. The Labute approximate surface area is 242 Å². The van der Waals surface area contributed by atoms with Crippen LogP contribution in [0.3, 0.4) is 0 Å². The fraction of sp³-hybridized carbons (Fsp3) is 0.0909. The summed E-state index contributed by atoms with van der Waals surface area (Å²) in [6.07, 6.45) is -1.03. The quantitative estimate of drug-likeness (QED) is 0.190. The number of fused-ring (bicyclic) bond motifs is 2. The fourth-order valence-electron chi connectivity index (χ4n) is 5.68. The minimum absolute atomic E-state index is 0.0416. The van der Waals surface area contributed by atoms with Crippen LogP contribution < -0.4 is 14.1 Å². The number of imide groups is 1. The lowest BCUT2D eigenvalue weighted by molar-refractivity contribution is -0.126. The van der Waals surface area contributed by atoms with Crippen molar-refractivity contribution in [1.29, 1.82) is 0 Å². The number of amides is 2. The second-order valence-corrected chi connectivity index (χ2v) is 11.6. The van der Waals surface area contributed by atoms with Gasteiger partial charge in [0.1, 0.15) is 16.6 Å². The van der Waals surface area contributed by atoms with E-state index in [4.69, 9.17) is 9.02 Å². The highest BCUT2D eigenvalue weighted by molar-refractivity contribution is 7.87. The molecule has 2 aliphatic heterocycles. The average Bonchev–Trinajstić information content (AvgIpc) is 3.53. The molecule has 2 heterocycles. The minimum atomic E-state index is -4.03. The van der Waals surface area contributed by atoms with Crippen molar-refractivity contribution < 1.29 is 27.0 Å². The lowest BCUT2D eigenvalue weighted by Crippen LogP contribution is -2.37. The molecular formula is C33H24N2O6S. The van der Waals surface area contributed by atoms with Crippen LogP contribution in [-0.4, -0.2) is 26.3 Å². The van der Waals surface area contributed by atoms with Crippen LogP contribution in [-0.2, 0) is 24.5 Å². The Morgan fingerprint density at radius 1 is 0.667 bits per heavy atom. The second kappa shape index (κ2) is 10.1. The molecule has 0 N–H and O–H groups in total. The van der Waals surface area contributed by atoms with E-state index in [1.165, 1.54) is 29.2 Å². The maximum Gasteiger partial charge on any atom is 0.339 e. The van der Waals surface area contributed by atoms with Crippen molar-refractivity contribution in [1.82, 2.24) is 0 Å². The molecule has 0 aromatic heterocycles. The molecule has 3 atom stereocenters. The van der Waals surface area contributed by atoms with E-state index in [1.807, 2.05) is 66.7 Å². The Morgan fingerprint density at radius 3 is 2.05 bits per heavy atom. The van der Waals surface area contributed by atoms with E-state index < -0.39 is 34.1 Å². The molecule has 7 rings (SSSR count). The topological polar surface area (TPSA) is 93.2 Å². The van der Waals surface area contributed by atoms with Gasteiger partial charge in [-0.05, 0) is 53.4 Å². The number of hydrogen-bond donors (Lipinski definition) is 0. The number of rotatable bonds is 6. The van der Waals surface area contributed by atoms with Crippen molar-refractivity contribution in [3.8, 4) is 5.75 Å². The first-order chi connectivity index (χ1) is 20.4. The third-order valence-corrected chi connectivity index (χ3v) is 8.85. The molecule has 0 spiro atoms. The van der Waals surface area contributed by atoms with Gasteiger partial charge in [-0.15, -0.1) is 0 Å². The first kappa shape index (κ1) is 25.9. The predicted octanol–water partition coefficient (Wildman–Crippen LogP) is 5.66. The molecule has 0 bridgehead atoms. The maximum atomic E-state index is 14.1. The number of para-hydroxylation sites is 1. The Balaban J connectivity index is 1.25. The first-order valence-electron chi connectivity index (χ1n) is 13.4. The van der Waals surface area contributed by atoms with Gasteiger partial charge in [-0.2, -0.15) is 8.42 Å². The van der Waals surface area contributed by atoms with Crippen LogP contribution in [0.15, 0.2) is 132 Å². The van der Waals surface area contributed by atoms with E-state index in [-0.39, 0.29) is 16.6 Å². The molecule has 0 radical (unpaired) electrons. The standard InChI is InChI=1S/C33H24N2O6S/c36-32-29-30(23-18-20-25(21-19-23)41-42(38,39)26-14-5-2-6-15-26)35(24-12-3-1-4-13-24)40-31(29)33(37)34(32)28-17-9-11-22-10-7-8-16-27(22)28/h1-21,29-31H. The summed E-state index contributed by atoms with van der Waals surface area (Å²) in [6.45, 7) is 0. The Morgan fingerprint density at radius 2 is 1.31 bits per heavy atom. The van der Waals surface area contributed by atoms with Crippen molar-refractivity contribution in [3.63, 3.8) is 0 Å². The summed E-state index contributed by atoms with van der Waals surface area (Å²) in [6, 6.07) is 36.1. The van der Waals surface area contributed by atoms with Crippen LogP contribution in [0.4, 0.5) is 11.4 Å². The molecule has 208 valence electrons. The van der Waals surface area contributed by atoms with Gasteiger partial charge in [0.15, 0.2) is 6.10 Å². The molecule has 2 amide bonds. The van der Waals surface area contributed by atoms with E-state index in [0.717, 1.165) is 10.8 Å². The van der Waals surface area contributed by atoms with Gasteiger partial charge in [-0.1, -0.05) is 84.9 Å². The van der Waals surface area contributed by atoms with E-state index in [9.17, 15) is 18.0 Å². The van der Waals surface area contributed by atoms with Crippen molar-refractivity contribution in [2.45, 2.75) is 17.0 Å². The van der Waals surface area contributed by atoms with E-state index in [2.05, 4.69) is 0 Å². The predicted molar refractivity (Wildman–Crippen MR) is 157 cm³/mol. The smallest absolute Gasteiger partial charge is 0.339 e. The van der Waals surface area contributed by atoms with Gasteiger partial charge < -0.3 is 4.18 Å². The van der Waals surface area contributed by atoms with Crippen LogP contribution >= 0.6 is 0 Å². The monoisotopic (exact) mass is 576 g/mol. The molecule has 3 unspecified atom stereocenters. The van der Waals surface area contributed by atoms with E-state index >= 15 is 0 Å². The third kappa shape index (κ3) is 4.30. The van der Waals surface area contributed by atoms with Gasteiger partial charge in [0.2, 0.25) is 5.91 Å². The number of benzene rings is 5. The van der Waals surface area contributed by atoms with Crippen molar-refractivity contribution in [2.75, 3.05) is 9.96 Å². The largest absolute Gasteiger partial charge is 0.379 e. The Kier molecular flexibility index (Phi) is 6.26. The lowest BCUT2D eigenvalue weighted by Gasteiger charge is -2.29. The van der Waals surface area contributed by atoms with Crippen molar-refractivity contribution >= 4 is 44.1 Å². The molecular weight excluding hydrogens is 552 g/mol. The van der Waals surface area contributed by atoms with E-state index in [0.29, 0.717) is 16.9 Å². The molecule has 2 aliphatic rings. The number of nitrogens with zero attached hydrogens (tertiary/aromatic N) is 2.